The zero-order chi connectivity index (χ0) is 25.7. The number of halogens is 1. The molecule has 35 heavy (non-hydrogen) atoms. The summed E-state index contributed by atoms with van der Waals surface area (Å²) < 4.78 is 2.54. The minimum absolute atomic E-state index is 0.0798. The Morgan fingerprint density at radius 3 is 2.51 bits per heavy atom. The Morgan fingerprint density at radius 2 is 1.89 bits per heavy atom. The van der Waals surface area contributed by atoms with Crippen molar-refractivity contribution < 1.29 is 9.59 Å². The molecular weight excluding hydrogens is 470 g/mol. The number of benzene rings is 1. The van der Waals surface area contributed by atoms with Crippen LogP contribution < -0.4 is 16.6 Å². The first-order valence-electron chi connectivity index (χ1n) is 11.4. The average molecular weight is 496 g/mol. The van der Waals surface area contributed by atoms with Gasteiger partial charge in [-0.05, 0) is 50.5 Å². The van der Waals surface area contributed by atoms with E-state index in [2.05, 4.69) is 10.3 Å². The van der Waals surface area contributed by atoms with Gasteiger partial charge in [-0.1, -0.05) is 18.5 Å². The number of hydrogen-bond acceptors (Lipinski definition) is 6. The number of aromatic nitrogens is 3. The Labute approximate surface area is 207 Å². The lowest BCUT2D eigenvalue weighted by Gasteiger charge is -2.13. The standard InChI is InChI=1S/C25H26ClN5O4/c1-4-30-23-19(24(34)31(5-2)25(30)35)11-17(14-28-23)21(32)9-6-15(3)10-22(33)29-18-8-7-16(13-27)20(26)12-18/h7-8,11-12,14-15H,4-6,9-10H2,1-3H3,(H,29,33). The van der Waals surface area contributed by atoms with Crippen molar-refractivity contribution >= 4 is 40.0 Å². The molecule has 2 heterocycles. The Kier molecular flexibility index (Phi) is 8.20. The quantitative estimate of drug-likeness (QED) is 0.450. The molecule has 0 aliphatic carbocycles. The van der Waals surface area contributed by atoms with Gasteiger partial charge in [-0.15, -0.1) is 0 Å². The summed E-state index contributed by atoms with van der Waals surface area (Å²) in [6.07, 6.45) is 2.23. The van der Waals surface area contributed by atoms with Crippen molar-refractivity contribution in [3.63, 3.8) is 0 Å². The number of nitriles is 1. The number of amides is 1. The number of pyridine rings is 1. The predicted octanol–water partition coefficient (Wildman–Crippen LogP) is 3.75. The highest BCUT2D eigenvalue weighted by atomic mass is 35.5. The third-order valence-electron chi connectivity index (χ3n) is 5.79. The van der Waals surface area contributed by atoms with E-state index in [-0.39, 0.29) is 53.1 Å². The lowest BCUT2D eigenvalue weighted by Crippen LogP contribution is -2.39. The monoisotopic (exact) mass is 495 g/mol. The molecule has 9 nitrogen and oxygen atoms in total. The van der Waals surface area contributed by atoms with Crippen LogP contribution in [0.5, 0.6) is 0 Å². The minimum atomic E-state index is -0.465. The molecular formula is C25H26ClN5O4. The summed E-state index contributed by atoms with van der Waals surface area (Å²) in [5, 5.41) is 12.2. The van der Waals surface area contributed by atoms with Gasteiger partial charge >= 0.3 is 5.69 Å². The van der Waals surface area contributed by atoms with E-state index < -0.39 is 11.2 Å². The number of nitrogens with zero attached hydrogens (tertiary/aromatic N) is 4. The fourth-order valence-corrected chi connectivity index (χ4v) is 4.07. The van der Waals surface area contributed by atoms with E-state index in [0.717, 1.165) is 4.57 Å². The molecule has 0 aliphatic rings. The van der Waals surface area contributed by atoms with Crippen LogP contribution in [0.15, 0.2) is 40.1 Å². The second-order valence-corrected chi connectivity index (χ2v) is 8.70. The molecule has 3 rings (SSSR count). The molecule has 0 fully saturated rings. The number of aryl methyl sites for hydroxylation is 1. The SMILES string of the molecule is CCn1c(=O)c2cc(C(=O)CCC(C)CC(=O)Nc3ccc(C#N)c(Cl)c3)cnc2n(CC)c1=O. The van der Waals surface area contributed by atoms with Crippen molar-refractivity contribution in [2.75, 3.05) is 5.32 Å². The molecule has 1 amide bonds. The molecule has 3 aromatic rings. The summed E-state index contributed by atoms with van der Waals surface area (Å²) >= 11 is 6.00. The van der Waals surface area contributed by atoms with Crippen molar-refractivity contribution in [2.24, 2.45) is 5.92 Å². The third-order valence-corrected chi connectivity index (χ3v) is 6.10. The zero-order valence-corrected chi connectivity index (χ0v) is 20.6. The fraction of sp³-hybridized carbons (Fsp3) is 0.360. The van der Waals surface area contributed by atoms with Gasteiger partial charge in [-0.2, -0.15) is 5.26 Å². The van der Waals surface area contributed by atoms with Gasteiger partial charge in [0.05, 0.1) is 16.0 Å². The van der Waals surface area contributed by atoms with Gasteiger partial charge in [0.25, 0.3) is 5.56 Å². The number of nitrogens with one attached hydrogen (secondary N) is 1. The molecule has 10 heteroatoms. The van der Waals surface area contributed by atoms with Crippen LogP contribution >= 0.6 is 11.6 Å². The number of hydrogen-bond donors (Lipinski definition) is 1. The summed E-state index contributed by atoms with van der Waals surface area (Å²) in [4.78, 5) is 54.6. The molecule has 0 saturated heterocycles. The largest absolute Gasteiger partial charge is 0.332 e. The lowest BCUT2D eigenvalue weighted by atomic mass is 9.97. The van der Waals surface area contributed by atoms with E-state index in [4.69, 9.17) is 16.9 Å². The first kappa shape index (κ1) is 25.8. The van der Waals surface area contributed by atoms with E-state index in [1.165, 1.54) is 29.0 Å². The first-order chi connectivity index (χ1) is 16.7. The van der Waals surface area contributed by atoms with E-state index in [1.54, 1.807) is 19.9 Å². The van der Waals surface area contributed by atoms with E-state index in [9.17, 15) is 19.2 Å². The van der Waals surface area contributed by atoms with Crippen molar-refractivity contribution in [3.8, 4) is 6.07 Å². The third kappa shape index (κ3) is 5.66. The molecule has 1 atom stereocenters. The van der Waals surface area contributed by atoms with Crippen LogP contribution in [-0.4, -0.2) is 25.8 Å². The second-order valence-electron chi connectivity index (χ2n) is 8.30. The highest BCUT2D eigenvalue weighted by Gasteiger charge is 2.17. The molecule has 0 bridgehead atoms. The number of fused-ring (bicyclic) bond motifs is 1. The summed E-state index contributed by atoms with van der Waals surface area (Å²) in [6.45, 7) is 5.95. The summed E-state index contributed by atoms with van der Waals surface area (Å²) in [5.41, 5.74) is 0.486. The number of anilines is 1. The van der Waals surface area contributed by atoms with Crippen LogP contribution in [0.3, 0.4) is 0 Å². The average Bonchev–Trinajstić information content (AvgIpc) is 2.83. The maximum Gasteiger partial charge on any atom is 0.332 e. The fourth-order valence-electron chi connectivity index (χ4n) is 3.85. The van der Waals surface area contributed by atoms with Crippen LogP contribution in [0.25, 0.3) is 11.0 Å². The minimum Gasteiger partial charge on any atom is -0.326 e. The number of ketones is 1. The Bertz CT molecular complexity index is 1450. The van der Waals surface area contributed by atoms with Gasteiger partial charge in [0, 0.05) is 43.4 Å². The Morgan fingerprint density at radius 1 is 1.17 bits per heavy atom. The first-order valence-corrected chi connectivity index (χ1v) is 11.7. The highest BCUT2D eigenvalue weighted by molar-refractivity contribution is 6.32. The normalized spacial score (nSPS) is 11.7. The van der Waals surface area contributed by atoms with Gasteiger partial charge in [-0.3, -0.25) is 23.5 Å². The van der Waals surface area contributed by atoms with E-state index >= 15 is 0 Å². The maximum atomic E-state index is 12.8. The lowest BCUT2D eigenvalue weighted by molar-refractivity contribution is -0.117. The molecule has 2 aromatic heterocycles. The molecule has 1 aromatic carbocycles. The van der Waals surface area contributed by atoms with Gasteiger partial charge in [0.15, 0.2) is 5.78 Å². The topological polar surface area (TPSA) is 127 Å². The maximum absolute atomic E-state index is 12.8. The van der Waals surface area contributed by atoms with Crippen LogP contribution in [0.4, 0.5) is 5.69 Å². The molecule has 1 unspecified atom stereocenters. The van der Waals surface area contributed by atoms with Crippen LogP contribution in [0.1, 0.15) is 56.0 Å². The Hall–Kier alpha value is -3.77. The molecule has 0 saturated carbocycles. The molecule has 0 aliphatic heterocycles. The summed E-state index contributed by atoms with van der Waals surface area (Å²) in [7, 11) is 0. The Balaban J connectivity index is 1.66. The number of carbonyl (C=O) groups is 2. The molecule has 0 spiro atoms. The van der Waals surface area contributed by atoms with Crippen LogP contribution in [0.2, 0.25) is 5.02 Å². The van der Waals surface area contributed by atoms with Gasteiger partial charge < -0.3 is 5.32 Å². The van der Waals surface area contributed by atoms with Crippen LogP contribution in [0, 0.1) is 17.2 Å². The molecule has 1 N–H and O–H groups in total. The smallest absolute Gasteiger partial charge is 0.326 e. The second kappa shape index (κ2) is 11.1. The van der Waals surface area contributed by atoms with Crippen molar-refractivity contribution in [2.45, 2.75) is 53.1 Å². The summed E-state index contributed by atoms with van der Waals surface area (Å²) in [6, 6.07) is 8.11. The van der Waals surface area contributed by atoms with Crippen molar-refractivity contribution in [1.29, 1.82) is 5.26 Å². The molecule has 0 radical (unpaired) electrons. The van der Waals surface area contributed by atoms with E-state index in [0.29, 0.717) is 29.8 Å². The van der Waals surface area contributed by atoms with Gasteiger partial charge in [0.2, 0.25) is 5.91 Å². The predicted molar refractivity (Wildman–Crippen MR) is 134 cm³/mol. The van der Waals surface area contributed by atoms with Crippen molar-refractivity contribution in [3.05, 3.63) is 67.4 Å². The van der Waals surface area contributed by atoms with Crippen molar-refractivity contribution in [1.82, 2.24) is 14.1 Å². The zero-order valence-electron chi connectivity index (χ0n) is 19.8. The number of rotatable bonds is 9. The highest BCUT2D eigenvalue weighted by Crippen LogP contribution is 2.21. The number of carbonyl (C=O) groups excluding carboxylic acids is 2. The summed E-state index contributed by atoms with van der Waals surface area (Å²) in [5.74, 6) is -0.498. The van der Waals surface area contributed by atoms with Gasteiger partial charge in [0.1, 0.15) is 11.7 Å². The van der Waals surface area contributed by atoms with Gasteiger partial charge in [-0.25, -0.2) is 9.78 Å². The number of Topliss-reactive ketones (excluding diaryl/α,β-unsaturated/α-hetero) is 1. The molecule has 182 valence electrons. The van der Waals surface area contributed by atoms with Crippen LogP contribution in [-0.2, 0) is 17.9 Å². The van der Waals surface area contributed by atoms with E-state index in [1.807, 2.05) is 13.0 Å².